The molecule has 9 heteroatoms. The summed E-state index contributed by atoms with van der Waals surface area (Å²) in [4.78, 5) is 19.2. The van der Waals surface area contributed by atoms with E-state index in [1.54, 1.807) is 13.2 Å². The van der Waals surface area contributed by atoms with Crippen molar-refractivity contribution in [2.75, 3.05) is 23.5 Å². The van der Waals surface area contributed by atoms with Crippen molar-refractivity contribution in [1.29, 1.82) is 0 Å². The maximum absolute atomic E-state index is 12.9. The molecule has 7 nitrogen and oxygen atoms in total. The number of carbonyl (C=O) groups is 1. The molecule has 0 spiro atoms. The average molecular weight is 509 g/mol. The molecule has 3 aromatic rings. The van der Waals surface area contributed by atoms with Gasteiger partial charge in [-0.3, -0.25) is 4.79 Å². The molecule has 0 unspecified atom stereocenters. The minimum absolute atomic E-state index is 0.0344. The summed E-state index contributed by atoms with van der Waals surface area (Å²) in [7, 11) is -1.58. The number of benzene rings is 3. The van der Waals surface area contributed by atoms with Crippen LogP contribution >= 0.6 is 11.8 Å². The predicted octanol–water partition coefficient (Wildman–Crippen LogP) is 4.33. The van der Waals surface area contributed by atoms with E-state index in [4.69, 9.17) is 9.47 Å². The number of nitrogens with zero attached hydrogens (tertiary/aromatic N) is 2. The third kappa shape index (κ3) is 5.21. The van der Waals surface area contributed by atoms with Gasteiger partial charge >= 0.3 is 0 Å². The predicted molar refractivity (Wildman–Crippen MR) is 138 cm³/mol. The fourth-order valence-electron chi connectivity index (χ4n) is 4.32. The van der Waals surface area contributed by atoms with E-state index in [1.165, 1.54) is 11.8 Å². The number of amides is 1. The molecule has 35 heavy (non-hydrogen) atoms. The summed E-state index contributed by atoms with van der Waals surface area (Å²) in [5.41, 5.74) is 1.52. The van der Waals surface area contributed by atoms with Gasteiger partial charge in [-0.15, -0.1) is 0 Å². The van der Waals surface area contributed by atoms with E-state index in [0.717, 1.165) is 17.0 Å². The second kappa shape index (κ2) is 9.75. The average Bonchev–Trinajstić information content (AvgIpc) is 3.31. The number of fused-ring (bicyclic) bond motifs is 1. The van der Waals surface area contributed by atoms with Crippen molar-refractivity contribution in [2.24, 2.45) is 4.99 Å². The van der Waals surface area contributed by atoms with Gasteiger partial charge in [0, 0.05) is 16.5 Å². The van der Waals surface area contributed by atoms with Gasteiger partial charge in [0.2, 0.25) is 0 Å². The number of ether oxygens (including phenoxy) is 2. The molecule has 0 bridgehead atoms. The van der Waals surface area contributed by atoms with Crippen LogP contribution in [0.3, 0.4) is 0 Å². The molecule has 5 rings (SSSR count). The molecular weight excluding hydrogens is 484 g/mol. The van der Waals surface area contributed by atoms with Gasteiger partial charge in [-0.1, -0.05) is 48.2 Å². The summed E-state index contributed by atoms with van der Waals surface area (Å²) in [5, 5.41) is 0.351. The summed E-state index contributed by atoms with van der Waals surface area (Å²) in [6.07, 6.45) is 0.0966. The van der Waals surface area contributed by atoms with Gasteiger partial charge in [0.25, 0.3) is 5.91 Å². The van der Waals surface area contributed by atoms with Crippen LogP contribution in [0, 0.1) is 0 Å². The van der Waals surface area contributed by atoms with Gasteiger partial charge in [-0.2, -0.15) is 4.99 Å². The summed E-state index contributed by atoms with van der Waals surface area (Å²) in [5.74, 6) is 1.82. The Bertz CT molecular complexity index is 1360. The molecular formula is C26H24N2O5S2. The number of hydrogen-bond donors (Lipinski definition) is 0. The summed E-state index contributed by atoms with van der Waals surface area (Å²) in [6.45, 7) is 0. The third-order valence-corrected chi connectivity index (χ3v) is 9.12. The Morgan fingerprint density at radius 1 is 0.971 bits per heavy atom. The number of carbonyl (C=O) groups excluding carboxylic acids is 1. The Morgan fingerprint density at radius 3 is 2.40 bits per heavy atom. The Morgan fingerprint density at radius 2 is 1.66 bits per heavy atom. The normalized spacial score (nSPS) is 21.6. The van der Waals surface area contributed by atoms with E-state index < -0.39 is 9.84 Å². The highest BCUT2D eigenvalue weighted by Crippen LogP contribution is 2.41. The Labute approximate surface area is 208 Å². The van der Waals surface area contributed by atoms with E-state index in [-0.39, 0.29) is 35.1 Å². The van der Waals surface area contributed by atoms with Gasteiger partial charge in [0.15, 0.2) is 15.0 Å². The van der Waals surface area contributed by atoms with Crippen molar-refractivity contribution < 1.29 is 22.7 Å². The highest BCUT2D eigenvalue weighted by molar-refractivity contribution is 8.16. The smallest absolute Gasteiger partial charge is 0.252 e. The number of anilines is 1. The van der Waals surface area contributed by atoms with Gasteiger partial charge < -0.3 is 14.4 Å². The number of aliphatic imine (C=N–C) groups is 1. The van der Waals surface area contributed by atoms with E-state index >= 15 is 0 Å². The second-order valence-electron chi connectivity index (χ2n) is 8.36. The number of sulfone groups is 1. The second-order valence-corrected chi connectivity index (χ2v) is 11.7. The SMILES string of the molecule is COc1ccccc1CC(=O)N=C1S[C@@H]2CS(=O)(=O)C[C@@H]2N1c1ccc(Oc2ccccc2)cc1. The number of para-hydroxylation sites is 2. The quantitative estimate of drug-likeness (QED) is 0.490. The van der Waals surface area contributed by atoms with Gasteiger partial charge in [0.1, 0.15) is 17.2 Å². The lowest BCUT2D eigenvalue weighted by atomic mass is 10.1. The number of hydrogen-bond acceptors (Lipinski definition) is 6. The van der Waals surface area contributed by atoms with Crippen LogP contribution < -0.4 is 14.4 Å². The van der Waals surface area contributed by atoms with Crippen LogP contribution in [0.15, 0.2) is 83.9 Å². The molecule has 3 aromatic carbocycles. The molecule has 0 N–H and O–H groups in total. The fraction of sp³-hybridized carbons (Fsp3) is 0.231. The molecule has 2 aliphatic heterocycles. The molecule has 0 radical (unpaired) electrons. The standard InChI is InChI=1S/C26H24N2O5S2/c1-32-23-10-6-5-7-18(23)15-25(29)27-26-28(22-16-35(30,31)17-24(22)34-26)19-11-13-21(14-12-19)33-20-8-3-2-4-9-20/h2-14,22,24H,15-17H2,1H3/t22-,24+/m0/s1. The van der Waals surface area contributed by atoms with Crippen LogP contribution in [0.5, 0.6) is 17.2 Å². The molecule has 0 saturated carbocycles. The zero-order chi connectivity index (χ0) is 24.4. The van der Waals surface area contributed by atoms with Crippen LogP contribution in [-0.4, -0.2) is 49.4 Å². The number of methoxy groups -OCH3 is 1. The van der Waals surface area contributed by atoms with Gasteiger partial charge in [0.05, 0.1) is 31.1 Å². The van der Waals surface area contributed by atoms with Crippen molar-refractivity contribution in [3.05, 3.63) is 84.4 Å². The zero-order valence-corrected chi connectivity index (χ0v) is 20.7. The minimum atomic E-state index is -3.15. The number of amidine groups is 1. The molecule has 2 heterocycles. The van der Waals surface area contributed by atoms with Crippen molar-refractivity contribution >= 4 is 38.4 Å². The molecule has 0 aliphatic carbocycles. The van der Waals surface area contributed by atoms with Crippen LogP contribution in [0.1, 0.15) is 5.56 Å². The number of rotatable bonds is 6. The van der Waals surface area contributed by atoms with Crippen molar-refractivity contribution in [1.82, 2.24) is 0 Å². The van der Waals surface area contributed by atoms with E-state index in [2.05, 4.69) is 4.99 Å². The topological polar surface area (TPSA) is 85.3 Å². The lowest BCUT2D eigenvalue weighted by Crippen LogP contribution is -2.37. The van der Waals surface area contributed by atoms with Gasteiger partial charge in [-0.05, 0) is 42.5 Å². The first-order chi connectivity index (χ1) is 16.9. The maximum atomic E-state index is 12.9. The first-order valence-corrected chi connectivity index (χ1v) is 13.8. The molecule has 2 atom stereocenters. The summed E-state index contributed by atoms with van der Waals surface area (Å²) >= 11 is 1.36. The minimum Gasteiger partial charge on any atom is -0.496 e. The van der Waals surface area contributed by atoms with E-state index in [9.17, 15) is 13.2 Å². The lowest BCUT2D eigenvalue weighted by molar-refractivity contribution is -0.117. The highest BCUT2D eigenvalue weighted by atomic mass is 32.2. The Hall–Kier alpha value is -3.30. The zero-order valence-electron chi connectivity index (χ0n) is 19.0. The van der Waals surface area contributed by atoms with Crippen molar-refractivity contribution in [3.63, 3.8) is 0 Å². The summed E-state index contributed by atoms with van der Waals surface area (Å²) in [6, 6.07) is 23.9. The Kier molecular flexibility index (Phi) is 6.53. The lowest BCUT2D eigenvalue weighted by Gasteiger charge is -2.24. The van der Waals surface area contributed by atoms with Crippen LogP contribution in [0.2, 0.25) is 0 Å². The number of thioether (sulfide) groups is 1. The highest BCUT2D eigenvalue weighted by Gasteiger charge is 2.49. The molecule has 1 amide bonds. The molecule has 2 fully saturated rings. The third-order valence-electron chi connectivity index (χ3n) is 5.91. The van der Waals surface area contributed by atoms with Crippen LogP contribution in [0.4, 0.5) is 5.69 Å². The molecule has 2 aliphatic rings. The largest absolute Gasteiger partial charge is 0.496 e. The van der Waals surface area contributed by atoms with Crippen molar-refractivity contribution in [3.8, 4) is 17.2 Å². The fourth-order valence-corrected chi connectivity index (χ4v) is 8.26. The molecule has 2 saturated heterocycles. The van der Waals surface area contributed by atoms with Crippen molar-refractivity contribution in [2.45, 2.75) is 17.7 Å². The Balaban J connectivity index is 1.41. The van der Waals surface area contributed by atoms with Gasteiger partial charge in [-0.25, -0.2) is 8.42 Å². The van der Waals surface area contributed by atoms with Crippen LogP contribution in [-0.2, 0) is 21.1 Å². The maximum Gasteiger partial charge on any atom is 0.252 e. The molecule has 180 valence electrons. The molecule has 0 aromatic heterocycles. The van der Waals surface area contributed by atoms with E-state index in [1.807, 2.05) is 77.7 Å². The van der Waals surface area contributed by atoms with Crippen LogP contribution in [0.25, 0.3) is 0 Å². The monoisotopic (exact) mass is 508 g/mol. The first-order valence-electron chi connectivity index (χ1n) is 11.1. The summed E-state index contributed by atoms with van der Waals surface area (Å²) < 4.78 is 35.9. The first kappa shape index (κ1) is 23.4. The van der Waals surface area contributed by atoms with E-state index in [0.29, 0.717) is 16.7 Å².